The van der Waals surface area contributed by atoms with Crippen molar-refractivity contribution in [2.24, 2.45) is 0 Å². The number of hydrogen-bond donors (Lipinski definition) is 0. The van der Waals surface area contributed by atoms with E-state index in [1.165, 1.54) is 31.3 Å². The first-order valence-electron chi connectivity index (χ1n) is 15.6. The number of aromatic nitrogens is 4. The molecule has 3 aromatic heterocycles. The molecule has 0 N–H and O–H groups in total. The molecule has 9 aromatic rings. The van der Waals surface area contributed by atoms with E-state index in [2.05, 4.69) is 89.9 Å². The summed E-state index contributed by atoms with van der Waals surface area (Å²) in [5.41, 5.74) is 7.60. The van der Waals surface area contributed by atoms with Gasteiger partial charge in [-0.25, -0.2) is 15.0 Å². The van der Waals surface area contributed by atoms with Crippen LogP contribution in [-0.4, -0.2) is 19.9 Å². The van der Waals surface area contributed by atoms with Crippen LogP contribution in [0, 0.1) is 0 Å². The van der Waals surface area contributed by atoms with E-state index in [0.717, 1.165) is 38.6 Å². The highest BCUT2D eigenvalue weighted by Crippen LogP contribution is 2.44. The molecule has 0 unspecified atom stereocenters. The van der Waals surface area contributed by atoms with Crippen molar-refractivity contribution in [3.8, 4) is 56.4 Å². The average Bonchev–Trinajstić information content (AvgIpc) is 3.55. The lowest BCUT2D eigenvalue weighted by atomic mass is 9.97. The number of rotatable bonds is 5. The molecule has 0 amide bonds. The van der Waals surface area contributed by atoms with Crippen LogP contribution in [0.2, 0.25) is 0 Å². The van der Waals surface area contributed by atoms with Crippen molar-refractivity contribution in [3.05, 3.63) is 158 Å². The molecule has 47 heavy (non-hydrogen) atoms. The van der Waals surface area contributed by atoms with E-state index in [1.54, 1.807) is 0 Å². The molecule has 6 aromatic carbocycles. The topological polar surface area (TPSA) is 51.6 Å². The van der Waals surface area contributed by atoms with E-state index in [9.17, 15) is 0 Å². The molecule has 4 nitrogen and oxygen atoms in total. The maximum absolute atomic E-state index is 5.05. The van der Waals surface area contributed by atoms with Crippen LogP contribution in [0.1, 0.15) is 0 Å². The molecule has 5 heteroatoms. The van der Waals surface area contributed by atoms with Gasteiger partial charge in [-0.05, 0) is 28.1 Å². The smallest absolute Gasteiger partial charge is 0.164 e. The van der Waals surface area contributed by atoms with Gasteiger partial charge in [0.25, 0.3) is 0 Å². The first kappa shape index (κ1) is 27.3. The normalized spacial score (nSPS) is 11.4. The van der Waals surface area contributed by atoms with Gasteiger partial charge in [0.15, 0.2) is 17.5 Å². The van der Waals surface area contributed by atoms with Crippen molar-refractivity contribution < 1.29 is 0 Å². The number of pyridine rings is 1. The molecular formula is C42H26N4S. The Balaban J connectivity index is 1.19. The first-order valence-corrected chi connectivity index (χ1v) is 16.4. The van der Waals surface area contributed by atoms with Crippen molar-refractivity contribution in [2.45, 2.75) is 0 Å². The highest BCUT2D eigenvalue weighted by Gasteiger charge is 2.18. The summed E-state index contributed by atoms with van der Waals surface area (Å²) in [5.74, 6) is 1.99. The molecule has 0 radical (unpaired) electrons. The van der Waals surface area contributed by atoms with Gasteiger partial charge in [0.2, 0.25) is 0 Å². The Hall–Kier alpha value is -6.04. The number of benzene rings is 6. The number of fused-ring (bicyclic) bond motifs is 4. The minimum atomic E-state index is 0.660. The Morgan fingerprint density at radius 1 is 0.383 bits per heavy atom. The van der Waals surface area contributed by atoms with Crippen molar-refractivity contribution in [1.82, 2.24) is 19.9 Å². The van der Waals surface area contributed by atoms with E-state index in [4.69, 9.17) is 15.0 Å². The fourth-order valence-electron chi connectivity index (χ4n) is 6.37. The van der Waals surface area contributed by atoms with E-state index in [0.29, 0.717) is 17.5 Å². The Morgan fingerprint density at radius 2 is 0.957 bits per heavy atom. The van der Waals surface area contributed by atoms with Gasteiger partial charge in [0.1, 0.15) is 0 Å². The Kier molecular flexibility index (Phi) is 6.61. The van der Waals surface area contributed by atoms with E-state index in [1.807, 2.05) is 84.4 Å². The maximum Gasteiger partial charge on any atom is 0.164 e. The third kappa shape index (κ3) is 4.85. The third-order valence-corrected chi connectivity index (χ3v) is 9.84. The third-order valence-electron chi connectivity index (χ3n) is 8.64. The van der Waals surface area contributed by atoms with Gasteiger partial charge >= 0.3 is 0 Å². The van der Waals surface area contributed by atoms with E-state index in [-0.39, 0.29) is 0 Å². The summed E-state index contributed by atoms with van der Waals surface area (Å²) in [4.78, 5) is 19.5. The van der Waals surface area contributed by atoms with Crippen LogP contribution in [0.4, 0.5) is 0 Å². The molecular weight excluding hydrogens is 593 g/mol. The standard InChI is InChI=1S/C42H26N4S/c1-3-11-29(12-4-1)40-44-41(30-13-5-2-6-14-30)46-42(45-40)35-19-10-20-37-38(35)34-18-9-17-33(39(34)47-37)27-21-23-28(24-22-27)36-26-43-25-31-15-7-8-16-32(31)36/h1-26H. The van der Waals surface area contributed by atoms with Gasteiger partial charge < -0.3 is 0 Å². The van der Waals surface area contributed by atoms with Crippen LogP contribution in [0.25, 0.3) is 87.4 Å². The lowest BCUT2D eigenvalue weighted by Crippen LogP contribution is -2.00. The predicted octanol–water partition coefficient (Wildman–Crippen LogP) is 11.1. The molecule has 0 atom stereocenters. The quantitative estimate of drug-likeness (QED) is 0.193. The lowest BCUT2D eigenvalue weighted by molar-refractivity contribution is 1.08. The Labute approximate surface area is 275 Å². The molecule has 0 fully saturated rings. The van der Waals surface area contributed by atoms with Crippen LogP contribution in [0.3, 0.4) is 0 Å². The van der Waals surface area contributed by atoms with Crippen LogP contribution < -0.4 is 0 Å². The number of hydrogen-bond acceptors (Lipinski definition) is 5. The monoisotopic (exact) mass is 618 g/mol. The molecule has 9 rings (SSSR count). The number of nitrogens with zero attached hydrogens (tertiary/aromatic N) is 4. The second-order valence-electron chi connectivity index (χ2n) is 11.5. The molecule has 220 valence electrons. The van der Waals surface area contributed by atoms with Gasteiger partial charge in [-0.1, -0.05) is 140 Å². The summed E-state index contributed by atoms with van der Waals surface area (Å²) in [5, 5.41) is 4.71. The summed E-state index contributed by atoms with van der Waals surface area (Å²) < 4.78 is 2.45. The second kappa shape index (κ2) is 11.4. The van der Waals surface area contributed by atoms with Gasteiger partial charge in [-0.3, -0.25) is 4.98 Å². The van der Waals surface area contributed by atoms with Crippen LogP contribution in [0.5, 0.6) is 0 Å². The highest BCUT2D eigenvalue weighted by molar-refractivity contribution is 7.26. The number of thiophene rings is 1. The van der Waals surface area contributed by atoms with E-state index < -0.39 is 0 Å². The molecule has 0 aliphatic rings. The summed E-state index contributed by atoms with van der Waals surface area (Å²) in [7, 11) is 0. The molecule has 3 heterocycles. The molecule has 0 aliphatic heterocycles. The van der Waals surface area contributed by atoms with Gasteiger partial charge in [-0.2, -0.15) is 0 Å². The summed E-state index contributed by atoms with van der Waals surface area (Å²) in [6.45, 7) is 0. The fourth-order valence-corrected chi connectivity index (χ4v) is 7.63. The van der Waals surface area contributed by atoms with Crippen molar-refractivity contribution >= 4 is 42.3 Å². The lowest BCUT2D eigenvalue weighted by Gasteiger charge is -2.10. The Bertz CT molecular complexity index is 2500. The van der Waals surface area contributed by atoms with Crippen LogP contribution in [0.15, 0.2) is 158 Å². The zero-order valence-corrected chi connectivity index (χ0v) is 26.0. The zero-order chi connectivity index (χ0) is 31.2. The second-order valence-corrected chi connectivity index (χ2v) is 12.5. The minimum Gasteiger partial charge on any atom is -0.263 e. The molecule has 0 saturated carbocycles. The summed E-state index contributed by atoms with van der Waals surface area (Å²) in [6.07, 6.45) is 3.88. The summed E-state index contributed by atoms with van der Waals surface area (Å²) in [6, 6.07) is 50.5. The molecule has 0 saturated heterocycles. The van der Waals surface area contributed by atoms with Crippen LogP contribution >= 0.6 is 11.3 Å². The van der Waals surface area contributed by atoms with Gasteiger partial charge in [0.05, 0.1) is 0 Å². The highest BCUT2D eigenvalue weighted by atomic mass is 32.1. The first-order chi connectivity index (χ1) is 23.3. The van der Waals surface area contributed by atoms with Crippen molar-refractivity contribution in [1.29, 1.82) is 0 Å². The maximum atomic E-state index is 5.05. The zero-order valence-electron chi connectivity index (χ0n) is 25.2. The Morgan fingerprint density at radius 3 is 1.68 bits per heavy atom. The van der Waals surface area contributed by atoms with Crippen LogP contribution in [-0.2, 0) is 0 Å². The van der Waals surface area contributed by atoms with Crippen molar-refractivity contribution in [3.63, 3.8) is 0 Å². The molecule has 0 aliphatic carbocycles. The SMILES string of the molecule is c1ccc(-c2nc(-c3ccccc3)nc(-c3cccc4sc5c(-c6ccc(-c7cncc8ccccc78)cc6)cccc5c34)n2)cc1. The fraction of sp³-hybridized carbons (Fsp3) is 0. The summed E-state index contributed by atoms with van der Waals surface area (Å²) >= 11 is 1.81. The predicted molar refractivity (Wildman–Crippen MR) is 195 cm³/mol. The molecule has 0 spiro atoms. The van der Waals surface area contributed by atoms with E-state index >= 15 is 0 Å². The molecule has 0 bridgehead atoms. The largest absolute Gasteiger partial charge is 0.263 e. The van der Waals surface area contributed by atoms with Gasteiger partial charge in [-0.15, -0.1) is 11.3 Å². The van der Waals surface area contributed by atoms with Gasteiger partial charge in [0, 0.05) is 60.2 Å². The van der Waals surface area contributed by atoms with Crippen molar-refractivity contribution in [2.75, 3.05) is 0 Å². The minimum absolute atomic E-state index is 0.660. The average molecular weight is 619 g/mol.